The third kappa shape index (κ3) is 3.23. The molecule has 2 atom stereocenters. The fraction of sp³-hybridized carbons (Fsp3) is 0.909. The molecule has 0 saturated carbocycles. The van der Waals surface area contributed by atoms with Gasteiger partial charge in [-0.25, -0.2) is 4.68 Å². The third-order valence-electron chi connectivity index (χ3n) is 2.90. The van der Waals surface area contributed by atoms with Crippen molar-refractivity contribution in [1.29, 1.82) is 0 Å². The van der Waals surface area contributed by atoms with Crippen molar-refractivity contribution in [2.24, 2.45) is 0 Å². The molecular formula is C11H21N5O. The fourth-order valence-electron chi connectivity index (χ4n) is 2.34. The minimum atomic E-state index is 0.286. The van der Waals surface area contributed by atoms with Gasteiger partial charge in [0.1, 0.15) is 0 Å². The van der Waals surface area contributed by atoms with E-state index in [4.69, 9.17) is 4.74 Å². The van der Waals surface area contributed by atoms with Crippen molar-refractivity contribution in [3.63, 3.8) is 0 Å². The van der Waals surface area contributed by atoms with Crippen LogP contribution in [0.2, 0.25) is 0 Å². The summed E-state index contributed by atoms with van der Waals surface area (Å²) in [5.74, 6) is 0.952. The molecule has 1 aliphatic heterocycles. The number of tetrazole rings is 1. The van der Waals surface area contributed by atoms with Gasteiger partial charge in [0.15, 0.2) is 5.82 Å². The molecular weight excluding hydrogens is 218 g/mol. The van der Waals surface area contributed by atoms with Gasteiger partial charge in [0, 0.05) is 19.6 Å². The molecule has 1 saturated heterocycles. The molecule has 96 valence electrons. The standard InChI is InChI=1S/C11H21N5O/c1-4-5-16-11(12-13-14-16)8-15-6-9(2)17-10(3)7-15/h9-10H,4-8H2,1-3H3. The second-order valence-electron chi connectivity index (χ2n) is 4.77. The Morgan fingerprint density at radius 1 is 1.29 bits per heavy atom. The summed E-state index contributed by atoms with van der Waals surface area (Å²) in [4.78, 5) is 2.36. The minimum absolute atomic E-state index is 0.286. The first-order valence-electron chi connectivity index (χ1n) is 6.32. The number of morpholine rings is 1. The molecule has 2 rings (SSSR count). The molecule has 0 amide bonds. The summed E-state index contributed by atoms with van der Waals surface area (Å²) >= 11 is 0. The molecule has 17 heavy (non-hydrogen) atoms. The maximum Gasteiger partial charge on any atom is 0.165 e. The van der Waals surface area contributed by atoms with Gasteiger partial charge in [0.05, 0.1) is 18.8 Å². The van der Waals surface area contributed by atoms with Gasteiger partial charge in [-0.3, -0.25) is 4.90 Å². The highest BCUT2D eigenvalue weighted by Crippen LogP contribution is 2.12. The van der Waals surface area contributed by atoms with Gasteiger partial charge in [-0.15, -0.1) is 5.10 Å². The summed E-state index contributed by atoms with van der Waals surface area (Å²) in [5.41, 5.74) is 0. The predicted octanol–water partition coefficient (Wildman–Crippen LogP) is 0.692. The third-order valence-corrected chi connectivity index (χ3v) is 2.90. The summed E-state index contributed by atoms with van der Waals surface area (Å²) in [6, 6.07) is 0. The molecule has 0 aliphatic carbocycles. The highest BCUT2D eigenvalue weighted by Gasteiger charge is 2.23. The number of nitrogens with zero attached hydrogens (tertiary/aromatic N) is 5. The van der Waals surface area contributed by atoms with Crippen molar-refractivity contribution < 1.29 is 4.74 Å². The van der Waals surface area contributed by atoms with Crippen molar-refractivity contribution in [2.75, 3.05) is 13.1 Å². The van der Waals surface area contributed by atoms with E-state index < -0.39 is 0 Å². The zero-order chi connectivity index (χ0) is 12.3. The summed E-state index contributed by atoms with van der Waals surface area (Å²) in [5, 5.41) is 11.9. The molecule has 1 fully saturated rings. The van der Waals surface area contributed by atoms with Crippen LogP contribution in [0.4, 0.5) is 0 Å². The predicted molar refractivity (Wildman–Crippen MR) is 63.4 cm³/mol. The summed E-state index contributed by atoms with van der Waals surface area (Å²) < 4.78 is 7.61. The zero-order valence-electron chi connectivity index (χ0n) is 10.8. The van der Waals surface area contributed by atoms with E-state index in [0.29, 0.717) is 0 Å². The Balaban J connectivity index is 1.97. The van der Waals surface area contributed by atoms with E-state index in [-0.39, 0.29) is 12.2 Å². The van der Waals surface area contributed by atoms with Crippen molar-refractivity contribution in [3.8, 4) is 0 Å². The molecule has 1 aliphatic rings. The Morgan fingerprint density at radius 3 is 2.65 bits per heavy atom. The van der Waals surface area contributed by atoms with Crippen LogP contribution in [0.3, 0.4) is 0 Å². The monoisotopic (exact) mass is 239 g/mol. The number of hydrogen-bond acceptors (Lipinski definition) is 5. The second-order valence-corrected chi connectivity index (χ2v) is 4.77. The van der Waals surface area contributed by atoms with E-state index in [9.17, 15) is 0 Å². The molecule has 6 heteroatoms. The van der Waals surface area contributed by atoms with Gasteiger partial charge in [-0.1, -0.05) is 6.92 Å². The van der Waals surface area contributed by atoms with Crippen molar-refractivity contribution in [1.82, 2.24) is 25.1 Å². The van der Waals surface area contributed by atoms with Gasteiger partial charge < -0.3 is 4.74 Å². The van der Waals surface area contributed by atoms with Crippen LogP contribution in [-0.4, -0.2) is 50.4 Å². The number of rotatable bonds is 4. The van der Waals surface area contributed by atoms with Crippen LogP contribution < -0.4 is 0 Å². The molecule has 2 unspecified atom stereocenters. The molecule has 2 heterocycles. The molecule has 1 aromatic rings. The van der Waals surface area contributed by atoms with Gasteiger partial charge in [-0.2, -0.15) is 0 Å². The van der Waals surface area contributed by atoms with Crippen LogP contribution >= 0.6 is 0 Å². The normalized spacial score (nSPS) is 26.3. The average Bonchev–Trinajstić information content (AvgIpc) is 2.65. The Morgan fingerprint density at radius 2 is 2.00 bits per heavy atom. The van der Waals surface area contributed by atoms with Crippen LogP contribution in [0.25, 0.3) is 0 Å². The Kier molecular flexibility index (Phi) is 4.06. The van der Waals surface area contributed by atoms with Crippen molar-refractivity contribution in [3.05, 3.63) is 5.82 Å². The number of aromatic nitrogens is 4. The lowest BCUT2D eigenvalue weighted by Gasteiger charge is -2.34. The lowest BCUT2D eigenvalue weighted by molar-refractivity contribution is -0.0713. The smallest absolute Gasteiger partial charge is 0.165 e. The Labute approximate surface area is 102 Å². The Bertz CT molecular complexity index is 343. The topological polar surface area (TPSA) is 56.1 Å². The maximum atomic E-state index is 5.71. The molecule has 0 N–H and O–H groups in total. The van der Waals surface area contributed by atoms with Crippen LogP contribution in [0.1, 0.15) is 33.0 Å². The highest BCUT2D eigenvalue weighted by atomic mass is 16.5. The summed E-state index contributed by atoms with van der Waals surface area (Å²) in [6.07, 6.45) is 1.62. The quantitative estimate of drug-likeness (QED) is 0.774. The SMILES string of the molecule is CCCn1nnnc1CN1CC(C)OC(C)C1. The number of aryl methyl sites for hydroxylation is 1. The lowest BCUT2D eigenvalue weighted by Crippen LogP contribution is -2.45. The van der Waals surface area contributed by atoms with Crippen molar-refractivity contribution >= 4 is 0 Å². The molecule has 6 nitrogen and oxygen atoms in total. The van der Waals surface area contributed by atoms with E-state index in [2.05, 4.69) is 41.2 Å². The minimum Gasteiger partial charge on any atom is -0.373 e. The molecule has 1 aromatic heterocycles. The van der Waals surface area contributed by atoms with Gasteiger partial charge in [0.25, 0.3) is 0 Å². The number of hydrogen-bond donors (Lipinski definition) is 0. The Hall–Kier alpha value is -1.01. The second kappa shape index (κ2) is 5.55. The van der Waals surface area contributed by atoms with Gasteiger partial charge in [0.2, 0.25) is 0 Å². The highest BCUT2D eigenvalue weighted by molar-refractivity contribution is 4.84. The van der Waals surface area contributed by atoms with E-state index in [1.165, 1.54) is 0 Å². The molecule has 0 bridgehead atoms. The summed E-state index contributed by atoms with van der Waals surface area (Å²) in [6.45, 7) is 9.94. The molecule has 0 radical (unpaired) electrons. The van der Waals surface area contributed by atoms with E-state index in [1.807, 2.05) is 4.68 Å². The largest absolute Gasteiger partial charge is 0.373 e. The number of ether oxygens (including phenoxy) is 1. The van der Waals surface area contributed by atoms with Crippen molar-refractivity contribution in [2.45, 2.75) is 52.5 Å². The zero-order valence-corrected chi connectivity index (χ0v) is 10.8. The molecule has 0 aromatic carbocycles. The van der Waals surface area contributed by atoms with Crippen LogP contribution in [0, 0.1) is 0 Å². The van der Waals surface area contributed by atoms with Gasteiger partial charge >= 0.3 is 0 Å². The first-order chi connectivity index (χ1) is 8.19. The van der Waals surface area contributed by atoms with E-state index >= 15 is 0 Å². The fourth-order valence-corrected chi connectivity index (χ4v) is 2.34. The summed E-state index contributed by atoms with van der Waals surface area (Å²) in [7, 11) is 0. The van der Waals surface area contributed by atoms with E-state index in [0.717, 1.165) is 38.4 Å². The van der Waals surface area contributed by atoms with Crippen LogP contribution in [0.5, 0.6) is 0 Å². The molecule has 0 spiro atoms. The van der Waals surface area contributed by atoms with E-state index in [1.54, 1.807) is 0 Å². The van der Waals surface area contributed by atoms with Crippen LogP contribution in [-0.2, 0) is 17.8 Å². The maximum absolute atomic E-state index is 5.71. The first kappa shape index (κ1) is 12.4. The van der Waals surface area contributed by atoms with Gasteiger partial charge in [-0.05, 0) is 30.7 Å². The average molecular weight is 239 g/mol. The van der Waals surface area contributed by atoms with Crippen LogP contribution in [0.15, 0.2) is 0 Å². The lowest BCUT2D eigenvalue weighted by atomic mass is 10.2. The first-order valence-corrected chi connectivity index (χ1v) is 6.32.